The molecule has 0 spiro atoms. The van der Waals surface area contributed by atoms with Gasteiger partial charge in [0.05, 0.1) is 0 Å². The van der Waals surface area contributed by atoms with E-state index in [1.165, 1.54) is 43.7 Å². The highest BCUT2D eigenvalue weighted by Gasteiger charge is 2.14. The van der Waals surface area contributed by atoms with Crippen molar-refractivity contribution < 1.29 is 0 Å². The Hall–Kier alpha value is -2.48. The zero-order valence-electron chi connectivity index (χ0n) is 15.5. The van der Waals surface area contributed by atoms with Crippen LogP contribution >= 0.6 is 0 Å². The van der Waals surface area contributed by atoms with Crippen LogP contribution in [0.5, 0.6) is 0 Å². The maximum atomic E-state index is 2.26. The maximum absolute atomic E-state index is 2.26. The van der Waals surface area contributed by atoms with Crippen molar-refractivity contribution in [1.82, 2.24) is 0 Å². The molecule has 0 aromatic heterocycles. The van der Waals surface area contributed by atoms with E-state index in [-0.39, 0.29) is 0 Å². The van der Waals surface area contributed by atoms with Gasteiger partial charge in [-0.15, -0.1) is 0 Å². The van der Waals surface area contributed by atoms with E-state index >= 15 is 0 Å². The first kappa shape index (κ1) is 16.4. The van der Waals surface area contributed by atoms with Crippen molar-refractivity contribution in [1.29, 1.82) is 0 Å². The minimum absolute atomic E-state index is 1.28. The summed E-state index contributed by atoms with van der Waals surface area (Å²) in [5.41, 5.74) is 2.55. The molecule has 0 saturated carbocycles. The molecule has 0 heterocycles. The highest BCUT2D eigenvalue weighted by Crippen LogP contribution is 2.41. The van der Waals surface area contributed by atoms with Crippen LogP contribution in [0, 0.1) is 0 Å². The normalized spacial score (nSPS) is 10.9. The number of rotatable bonds is 2. The predicted octanol–water partition coefficient (Wildman–Crippen LogP) is 5.74. The van der Waals surface area contributed by atoms with Crippen LogP contribution in [-0.4, -0.2) is 28.2 Å². The molecule has 0 N–H and O–H groups in total. The lowest BCUT2D eigenvalue weighted by atomic mass is 9.92. The van der Waals surface area contributed by atoms with Gasteiger partial charge < -0.3 is 9.80 Å². The van der Waals surface area contributed by atoms with Gasteiger partial charge in [0.1, 0.15) is 0 Å². The zero-order valence-corrected chi connectivity index (χ0v) is 15.5. The molecule has 4 aromatic carbocycles. The van der Waals surface area contributed by atoms with E-state index in [1.807, 2.05) is 13.8 Å². The molecule has 0 fully saturated rings. The first-order valence-electron chi connectivity index (χ1n) is 8.63. The summed E-state index contributed by atoms with van der Waals surface area (Å²) in [5, 5.41) is 8.05. The molecular weight excluding hydrogens is 292 g/mol. The van der Waals surface area contributed by atoms with E-state index in [1.54, 1.807) is 0 Å². The standard InChI is InChI=1S/C20H20N2.C2H6/c1-21(2)17-11-7-13-6-10-16-18(22(3)4)12-8-14-5-9-15(17)19(13)20(14)16;1-2/h5-12H,1-4H3;1-2H3. The third-order valence-corrected chi connectivity index (χ3v) is 4.58. The predicted molar refractivity (Wildman–Crippen MR) is 110 cm³/mol. The fraction of sp³-hybridized carbons (Fsp3) is 0.273. The average molecular weight is 318 g/mol. The number of hydrogen-bond acceptors (Lipinski definition) is 2. The molecule has 2 heteroatoms. The summed E-state index contributed by atoms with van der Waals surface area (Å²) in [4.78, 5) is 4.39. The maximum Gasteiger partial charge on any atom is 0.0441 e. The Kier molecular flexibility index (Phi) is 4.23. The molecule has 2 nitrogen and oxygen atoms in total. The second-order valence-electron chi connectivity index (χ2n) is 6.38. The van der Waals surface area contributed by atoms with Crippen molar-refractivity contribution in [3.8, 4) is 0 Å². The van der Waals surface area contributed by atoms with Crippen molar-refractivity contribution in [3.05, 3.63) is 48.5 Å². The number of hydrogen-bond donors (Lipinski definition) is 0. The SMILES string of the molecule is CC.CN(C)c1ccc2ccc3c(N(C)C)ccc4ccc1c2c43. The molecular formula is C22H26N2. The third kappa shape index (κ3) is 2.34. The molecule has 24 heavy (non-hydrogen) atoms. The fourth-order valence-electron chi connectivity index (χ4n) is 3.55. The van der Waals surface area contributed by atoms with Crippen LogP contribution in [0.2, 0.25) is 0 Å². The van der Waals surface area contributed by atoms with E-state index in [0.717, 1.165) is 0 Å². The molecule has 0 aliphatic rings. The minimum Gasteiger partial charge on any atom is -0.377 e. The van der Waals surface area contributed by atoms with E-state index in [0.29, 0.717) is 0 Å². The number of benzene rings is 4. The lowest BCUT2D eigenvalue weighted by molar-refractivity contribution is 1.14. The van der Waals surface area contributed by atoms with Crippen molar-refractivity contribution in [2.24, 2.45) is 0 Å². The summed E-state index contributed by atoms with van der Waals surface area (Å²) < 4.78 is 0. The average Bonchev–Trinajstić information content (AvgIpc) is 2.60. The fourth-order valence-corrected chi connectivity index (χ4v) is 3.55. The Morgan fingerprint density at radius 2 is 0.833 bits per heavy atom. The van der Waals surface area contributed by atoms with E-state index in [9.17, 15) is 0 Å². The molecule has 0 saturated heterocycles. The third-order valence-electron chi connectivity index (χ3n) is 4.58. The highest BCUT2D eigenvalue weighted by molar-refractivity contribution is 6.27. The topological polar surface area (TPSA) is 6.48 Å². The molecule has 0 aliphatic heterocycles. The van der Waals surface area contributed by atoms with Gasteiger partial charge >= 0.3 is 0 Å². The van der Waals surface area contributed by atoms with Crippen LogP contribution in [0.25, 0.3) is 32.3 Å². The van der Waals surface area contributed by atoms with E-state index in [2.05, 4.69) is 86.5 Å². The Balaban J connectivity index is 0.000000815. The van der Waals surface area contributed by atoms with E-state index in [4.69, 9.17) is 0 Å². The molecule has 0 atom stereocenters. The second-order valence-corrected chi connectivity index (χ2v) is 6.38. The van der Waals surface area contributed by atoms with Gasteiger partial charge in [-0.05, 0) is 33.7 Å². The van der Waals surface area contributed by atoms with Crippen LogP contribution < -0.4 is 9.80 Å². The largest absolute Gasteiger partial charge is 0.377 e. The molecule has 4 rings (SSSR count). The van der Waals surface area contributed by atoms with Crippen LogP contribution in [0.3, 0.4) is 0 Å². The number of anilines is 2. The lowest BCUT2D eigenvalue weighted by Crippen LogP contribution is -2.10. The first-order valence-corrected chi connectivity index (χ1v) is 8.63. The van der Waals surface area contributed by atoms with Crippen LogP contribution in [-0.2, 0) is 0 Å². The first-order chi connectivity index (χ1) is 11.6. The Bertz CT molecular complexity index is 902. The van der Waals surface area contributed by atoms with Crippen molar-refractivity contribution in [2.45, 2.75) is 13.8 Å². The zero-order chi connectivity index (χ0) is 17.4. The monoisotopic (exact) mass is 318 g/mol. The van der Waals surface area contributed by atoms with Crippen LogP contribution in [0.1, 0.15) is 13.8 Å². The van der Waals surface area contributed by atoms with Gasteiger partial charge in [-0.25, -0.2) is 0 Å². The van der Waals surface area contributed by atoms with Gasteiger partial charge in [-0.2, -0.15) is 0 Å². The van der Waals surface area contributed by atoms with Gasteiger partial charge in [0.15, 0.2) is 0 Å². The lowest BCUT2D eigenvalue weighted by Gasteiger charge is -2.21. The minimum atomic E-state index is 1.28. The van der Waals surface area contributed by atoms with Crippen molar-refractivity contribution >= 4 is 43.7 Å². The molecule has 124 valence electrons. The Labute approximate surface area is 144 Å². The highest BCUT2D eigenvalue weighted by atomic mass is 15.1. The summed E-state index contributed by atoms with van der Waals surface area (Å²) >= 11 is 0. The smallest absolute Gasteiger partial charge is 0.0441 e. The van der Waals surface area contributed by atoms with Crippen molar-refractivity contribution in [3.63, 3.8) is 0 Å². The summed E-state index contributed by atoms with van der Waals surface area (Å²) in [5.74, 6) is 0. The van der Waals surface area contributed by atoms with Gasteiger partial charge in [-0.1, -0.05) is 50.2 Å². The number of nitrogens with zero attached hydrogens (tertiary/aromatic N) is 2. The molecule has 0 aliphatic carbocycles. The summed E-state index contributed by atoms with van der Waals surface area (Å²) in [6.45, 7) is 4.00. The Morgan fingerprint density at radius 3 is 1.17 bits per heavy atom. The van der Waals surface area contributed by atoms with Gasteiger partial charge in [0.2, 0.25) is 0 Å². The van der Waals surface area contributed by atoms with Gasteiger partial charge in [0.25, 0.3) is 0 Å². The van der Waals surface area contributed by atoms with E-state index < -0.39 is 0 Å². The molecule has 4 aromatic rings. The van der Waals surface area contributed by atoms with Gasteiger partial charge in [-0.3, -0.25) is 0 Å². The molecule has 0 bridgehead atoms. The summed E-state index contributed by atoms with van der Waals surface area (Å²) in [6, 6.07) is 17.9. The summed E-state index contributed by atoms with van der Waals surface area (Å²) in [7, 11) is 8.43. The second kappa shape index (κ2) is 6.20. The molecule has 0 amide bonds. The summed E-state index contributed by atoms with van der Waals surface area (Å²) in [6.07, 6.45) is 0. The van der Waals surface area contributed by atoms with Crippen LogP contribution in [0.15, 0.2) is 48.5 Å². The molecule has 0 unspecified atom stereocenters. The molecule has 0 radical (unpaired) electrons. The van der Waals surface area contributed by atoms with Crippen molar-refractivity contribution in [2.75, 3.05) is 38.0 Å². The quantitative estimate of drug-likeness (QED) is 0.435. The Morgan fingerprint density at radius 1 is 0.500 bits per heavy atom. The van der Waals surface area contributed by atoms with Gasteiger partial charge in [0, 0.05) is 50.3 Å². The van der Waals surface area contributed by atoms with Crippen LogP contribution in [0.4, 0.5) is 11.4 Å².